The second-order valence-electron chi connectivity index (χ2n) is 5.02. The van der Waals surface area contributed by atoms with Crippen LogP contribution in [0.25, 0.3) is 0 Å². The minimum Gasteiger partial charge on any atom is -0.304 e. The van der Waals surface area contributed by atoms with E-state index >= 15 is 0 Å². The van der Waals surface area contributed by atoms with Crippen molar-refractivity contribution in [2.75, 3.05) is 0 Å². The zero-order chi connectivity index (χ0) is 11.0. The largest absolute Gasteiger partial charge is 0.304 e. The van der Waals surface area contributed by atoms with Crippen molar-refractivity contribution in [3.63, 3.8) is 0 Å². The Kier molecular flexibility index (Phi) is 2.96. The van der Waals surface area contributed by atoms with Gasteiger partial charge in [0, 0.05) is 12.5 Å². The number of hydrogen-bond donors (Lipinski definition) is 1. The molecule has 0 aliphatic heterocycles. The van der Waals surface area contributed by atoms with E-state index in [1.54, 1.807) is 0 Å². The third kappa shape index (κ3) is 2.30. The molecule has 0 aromatic carbocycles. The summed E-state index contributed by atoms with van der Waals surface area (Å²) in [7, 11) is 0. The molecule has 1 heterocycles. The average Bonchev–Trinajstić information content (AvgIpc) is 2.93. The Hall–Kier alpha value is -0.640. The fraction of sp³-hybridized carbons (Fsp3) is 0.818. The van der Waals surface area contributed by atoms with Crippen LogP contribution in [0.4, 0.5) is 0 Å². The zero-order valence-corrected chi connectivity index (χ0v) is 10.5. The Labute approximate surface area is 95.9 Å². The van der Waals surface area contributed by atoms with Crippen molar-refractivity contribution >= 4 is 12.2 Å². The maximum absolute atomic E-state index is 5.26. The standard InChI is InChI=1S/C11H19N3S/c1-7(2)6-14-10(12-13-11(14)15)8(3)9-4-5-9/h7-9H,4-6H2,1-3H3,(H,13,15). The van der Waals surface area contributed by atoms with Gasteiger partial charge in [-0.25, -0.2) is 0 Å². The van der Waals surface area contributed by atoms with Gasteiger partial charge in [0.1, 0.15) is 5.82 Å². The number of rotatable bonds is 4. The van der Waals surface area contributed by atoms with Crippen LogP contribution in [0.2, 0.25) is 0 Å². The number of nitrogens with one attached hydrogen (secondary N) is 1. The van der Waals surface area contributed by atoms with Gasteiger partial charge in [0.2, 0.25) is 0 Å². The van der Waals surface area contributed by atoms with Crippen LogP contribution in [0.1, 0.15) is 45.4 Å². The maximum Gasteiger partial charge on any atom is 0.195 e. The van der Waals surface area contributed by atoms with E-state index in [0.29, 0.717) is 11.8 Å². The second-order valence-corrected chi connectivity index (χ2v) is 5.40. The molecule has 0 amide bonds. The van der Waals surface area contributed by atoms with Crippen LogP contribution in [0, 0.1) is 16.6 Å². The summed E-state index contributed by atoms with van der Waals surface area (Å²) >= 11 is 5.26. The van der Waals surface area contributed by atoms with E-state index in [-0.39, 0.29) is 0 Å². The maximum atomic E-state index is 5.26. The highest BCUT2D eigenvalue weighted by molar-refractivity contribution is 7.71. The van der Waals surface area contributed by atoms with E-state index in [9.17, 15) is 0 Å². The number of H-pyrrole nitrogens is 1. The first-order valence-corrected chi connectivity index (χ1v) is 6.15. The highest BCUT2D eigenvalue weighted by atomic mass is 32.1. The summed E-state index contributed by atoms with van der Waals surface area (Å²) in [4.78, 5) is 0. The van der Waals surface area contributed by atoms with Crippen LogP contribution in [-0.4, -0.2) is 14.8 Å². The summed E-state index contributed by atoms with van der Waals surface area (Å²) < 4.78 is 2.94. The van der Waals surface area contributed by atoms with Gasteiger partial charge >= 0.3 is 0 Å². The molecule has 1 saturated carbocycles. The molecule has 1 aromatic heterocycles. The molecule has 1 aliphatic rings. The molecule has 1 aliphatic carbocycles. The summed E-state index contributed by atoms with van der Waals surface area (Å²) in [5.41, 5.74) is 0. The van der Waals surface area contributed by atoms with E-state index in [1.807, 2.05) is 0 Å². The monoisotopic (exact) mass is 225 g/mol. The third-order valence-corrected chi connectivity index (χ3v) is 3.38. The Morgan fingerprint density at radius 1 is 1.47 bits per heavy atom. The molecule has 2 rings (SSSR count). The quantitative estimate of drug-likeness (QED) is 0.799. The number of nitrogens with zero attached hydrogens (tertiary/aromatic N) is 2. The third-order valence-electron chi connectivity index (χ3n) is 3.07. The molecule has 84 valence electrons. The van der Waals surface area contributed by atoms with Crippen molar-refractivity contribution in [1.29, 1.82) is 0 Å². The van der Waals surface area contributed by atoms with Gasteiger partial charge < -0.3 is 4.57 Å². The summed E-state index contributed by atoms with van der Waals surface area (Å²) in [6.45, 7) is 7.65. The van der Waals surface area contributed by atoms with Crippen LogP contribution >= 0.6 is 12.2 Å². The normalized spacial score (nSPS) is 18.4. The first kappa shape index (κ1) is 10.9. The summed E-state index contributed by atoms with van der Waals surface area (Å²) in [6.07, 6.45) is 2.70. The fourth-order valence-corrected chi connectivity index (χ4v) is 2.24. The van der Waals surface area contributed by atoms with Crippen LogP contribution < -0.4 is 0 Å². The first-order valence-electron chi connectivity index (χ1n) is 5.74. The fourth-order valence-electron chi connectivity index (χ4n) is 2.03. The summed E-state index contributed by atoms with van der Waals surface area (Å²) in [6, 6.07) is 0. The number of aromatic nitrogens is 3. The minimum atomic E-state index is 0.552. The van der Waals surface area contributed by atoms with Crippen LogP contribution in [0.15, 0.2) is 0 Å². The van der Waals surface area contributed by atoms with E-state index < -0.39 is 0 Å². The lowest BCUT2D eigenvalue weighted by atomic mass is 10.1. The van der Waals surface area contributed by atoms with Crippen molar-refractivity contribution in [3.8, 4) is 0 Å². The molecule has 1 N–H and O–H groups in total. The molecular weight excluding hydrogens is 206 g/mol. The summed E-state index contributed by atoms with van der Waals surface area (Å²) in [5.74, 6) is 3.15. The van der Waals surface area contributed by atoms with Crippen molar-refractivity contribution in [3.05, 3.63) is 10.6 Å². The molecule has 0 bridgehead atoms. The van der Waals surface area contributed by atoms with Gasteiger partial charge in [0.25, 0.3) is 0 Å². The molecule has 1 unspecified atom stereocenters. The number of aromatic amines is 1. The number of hydrogen-bond acceptors (Lipinski definition) is 2. The average molecular weight is 225 g/mol. The lowest BCUT2D eigenvalue weighted by Crippen LogP contribution is -2.12. The van der Waals surface area contributed by atoms with E-state index in [1.165, 1.54) is 12.8 Å². The second kappa shape index (κ2) is 4.08. The molecule has 4 heteroatoms. The van der Waals surface area contributed by atoms with Gasteiger partial charge in [0.05, 0.1) is 0 Å². The lowest BCUT2D eigenvalue weighted by Gasteiger charge is -2.13. The highest BCUT2D eigenvalue weighted by Crippen LogP contribution is 2.41. The van der Waals surface area contributed by atoms with Crippen LogP contribution in [0.5, 0.6) is 0 Å². The van der Waals surface area contributed by atoms with E-state index in [0.717, 1.165) is 23.1 Å². The van der Waals surface area contributed by atoms with Crippen molar-refractivity contribution in [2.45, 2.75) is 46.1 Å². The Balaban J connectivity index is 2.25. The molecular formula is C11H19N3S. The van der Waals surface area contributed by atoms with Crippen molar-refractivity contribution in [2.24, 2.45) is 11.8 Å². The highest BCUT2D eigenvalue weighted by Gasteiger charge is 2.32. The molecule has 0 radical (unpaired) electrons. The van der Waals surface area contributed by atoms with Gasteiger partial charge in [-0.15, -0.1) is 0 Å². The predicted molar refractivity (Wildman–Crippen MR) is 63.4 cm³/mol. The van der Waals surface area contributed by atoms with Gasteiger partial charge in [0.15, 0.2) is 4.77 Å². The Bertz CT molecular complexity index is 387. The zero-order valence-electron chi connectivity index (χ0n) is 9.66. The molecule has 1 fully saturated rings. The Morgan fingerprint density at radius 3 is 2.67 bits per heavy atom. The van der Waals surface area contributed by atoms with Gasteiger partial charge in [-0.2, -0.15) is 5.10 Å². The molecule has 0 spiro atoms. The van der Waals surface area contributed by atoms with Crippen molar-refractivity contribution in [1.82, 2.24) is 14.8 Å². The summed E-state index contributed by atoms with van der Waals surface area (Å²) in [5, 5.41) is 7.30. The minimum absolute atomic E-state index is 0.552. The topological polar surface area (TPSA) is 33.6 Å². The van der Waals surface area contributed by atoms with E-state index in [4.69, 9.17) is 12.2 Å². The van der Waals surface area contributed by atoms with Crippen molar-refractivity contribution < 1.29 is 0 Å². The predicted octanol–water partition coefficient (Wildman–Crippen LogP) is 3.11. The van der Waals surface area contributed by atoms with Gasteiger partial charge in [-0.05, 0) is 36.9 Å². The first-order chi connectivity index (χ1) is 7.09. The van der Waals surface area contributed by atoms with Crippen LogP contribution in [-0.2, 0) is 6.54 Å². The molecule has 1 aromatic rings. The molecule has 0 saturated heterocycles. The van der Waals surface area contributed by atoms with E-state index in [2.05, 4.69) is 35.5 Å². The molecule has 1 atom stereocenters. The lowest BCUT2D eigenvalue weighted by molar-refractivity contribution is 0.477. The van der Waals surface area contributed by atoms with Gasteiger partial charge in [-0.3, -0.25) is 5.10 Å². The van der Waals surface area contributed by atoms with Gasteiger partial charge in [-0.1, -0.05) is 20.8 Å². The molecule has 15 heavy (non-hydrogen) atoms. The van der Waals surface area contributed by atoms with Crippen LogP contribution in [0.3, 0.4) is 0 Å². The molecule has 3 nitrogen and oxygen atoms in total. The SMILES string of the molecule is CC(C)Cn1c(C(C)C2CC2)n[nH]c1=S. The Morgan fingerprint density at radius 2 is 2.13 bits per heavy atom. The smallest absolute Gasteiger partial charge is 0.195 e.